The van der Waals surface area contributed by atoms with Gasteiger partial charge in [0.1, 0.15) is 11.5 Å². The van der Waals surface area contributed by atoms with E-state index in [1.54, 1.807) is 6.20 Å². The van der Waals surface area contributed by atoms with E-state index < -0.39 is 11.7 Å². The Morgan fingerprint density at radius 3 is 2.43 bits per heavy atom. The number of rotatable bonds is 8. The third kappa shape index (κ3) is 5.90. The number of H-pyrrole nitrogens is 1. The first kappa shape index (κ1) is 30.1. The molecule has 47 heavy (non-hydrogen) atoms. The summed E-state index contributed by atoms with van der Waals surface area (Å²) < 4.78 is 20.2. The highest BCUT2D eigenvalue weighted by Crippen LogP contribution is 2.48. The van der Waals surface area contributed by atoms with Gasteiger partial charge in [0.15, 0.2) is 17.3 Å². The zero-order valence-corrected chi connectivity index (χ0v) is 26.8. The summed E-state index contributed by atoms with van der Waals surface area (Å²) in [4.78, 5) is 33.0. The molecule has 5 heterocycles. The number of halogens is 1. The molecular formula is C35H42FN9O2. The van der Waals surface area contributed by atoms with Gasteiger partial charge in [0.25, 0.3) is 5.91 Å². The second-order valence-corrected chi connectivity index (χ2v) is 13.8. The van der Waals surface area contributed by atoms with Gasteiger partial charge in [-0.3, -0.25) is 9.69 Å². The summed E-state index contributed by atoms with van der Waals surface area (Å²) in [5.41, 5.74) is 9.59. The first-order valence-electron chi connectivity index (χ1n) is 16.7. The third-order valence-electron chi connectivity index (χ3n) is 10.5. The normalized spacial score (nSPS) is 20.7. The van der Waals surface area contributed by atoms with Gasteiger partial charge in [-0.15, -0.1) is 0 Å². The van der Waals surface area contributed by atoms with Crippen molar-refractivity contribution in [1.82, 2.24) is 24.8 Å². The Bertz CT molecular complexity index is 1770. The number of carbonyl (C=O) groups is 1. The number of carbonyl (C=O) groups excluding carboxylic acids is 1. The molecule has 0 atom stereocenters. The molecule has 5 N–H and O–H groups in total. The highest BCUT2D eigenvalue weighted by molar-refractivity contribution is 6.01. The minimum atomic E-state index is -0.719. The number of hydrogen-bond donors (Lipinski definition) is 4. The molecule has 3 saturated heterocycles. The highest BCUT2D eigenvalue weighted by atomic mass is 19.1. The summed E-state index contributed by atoms with van der Waals surface area (Å²) in [6.45, 7) is 8.21. The molecule has 4 aromatic rings. The van der Waals surface area contributed by atoms with Crippen LogP contribution >= 0.6 is 0 Å². The molecule has 2 aromatic carbocycles. The third-order valence-corrected chi connectivity index (χ3v) is 10.5. The van der Waals surface area contributed by atoms with Crippen LogP contribution in [0.5, 0.6) is 0 Å². The van der Waals surface area contributed by atoms with Gasteiger partial charge in [-0.05, 0) is 75.2 Å². The number of primary amides is 1. The van der Waals surface area contributed by atoms with Crippen LogP contribution in [-0.2, 0) is 4.74 Å². The number of ether oxygens (including phenoxy) is 1. The number of amides is 1. The number of nitrogens with zero attached hydrogens (tertiary/aromatic N) is 5. The van der Waals surface area contributed by atoms with Gasteiger partial charge in [0.2, 0.25) is 0 Å². The fourth-order valence-corrected chi connectivity index (χ4v) is 7.79. The Kier molecular flexibility index (Phi) is 7.73. The molecule has 1 spiro atoms. The number of anilines is 4. The standard InChI is InChI=1S/C35H42FN9O2/c1-43-12-14-45(15-13-43)26-7-10-44(11-8-26)25-4-2-23(3-5-25)39-34-31(32(37)46)41-30(28-16-22(36)17-29-27(28)6-9-38-29)33(42-34)40-24-18-35(19-24)20-47-21-35/h2-6,9,16-17,24,26,38H,7-8,10-15,18-21H2,1H3,(H2,37,46)(H2,39,40,42). The Balaban J connectivity index is 1.04. The molecular weight excluding hydrogens is 597 g/mol. The summed E-state index contributed by atoms with van der Waals surface area (Å²) in [5, 5.41) is 7.64. The Morgan fingerprint density at radius 1 is 1.00 bits per heavy atom. The van der Waals surface area contributed by atoms with Crippen molar-refractivity contribution >= 4 is 39.8 Å². The van der Waals surface area contributed by atoms with Crippen molar-refractivity contribution in [3.63, 3.8) is 0 Å². The maximum atomic E-state index is 14.8. The van der Waals surface area contributed by atoms with E-state index in [9.17, 15) is 9.18 Å². The van der Waals surface area contributed by atoms with E-state index in [0.29, 0.717) is 28.6 Å². The van der Waals surface area contributed by atoms with E-state index in [1.807, 2.05) is 18.2 Å². The van der Waals surface area contributed by atoms with Crippen LogP contribution in [0.3, 0.4) is 0 Å². The number of piperidine rings is 1. The Morgan fingerprint density at radius 2 is 1.74 bits per heavy atom. The van der Waals surface area contributed by atoms with Gasteiger partial charge in [0, 0.05) is 90.8 Å². The van der Waals surface area contributed by atoms with Crippen LogP contribution < -0.4 is 21.3 Å². The van der Waals surface area contributed by atoms with Crippen molar-refractivity contribution in [2.45, 2.75) is 37.8 Å². The van der Waals surface area contributed by atoms with Crippen molar-refractivity contribution in [2.24, 2.45) is 11.1 Å². The van der Waals surface area contributed by atoms with Crippen LogP contribution in [0.25, 0.3) is 22.2 Å². The van der Waals surface area contributed by atoms with Gasteiger partial charge >= 0.3 is 0 Å². The summed E-state index contributed by atoms with van der Waals surface area (Å²) in [6.07, 6.45) is 5.99. The first-order chi connectivity index (χ1) is 22.8. The molecule has 0 bridgehead atoms. The predicted molar refractivity (Wildman–Crippen MR) is 182 cm³/mol. The van der Waals surface area contributed by atoms with Gasteiger partial charge in [-0.1, -0.05) is 0 Å². The van der Waals surface area contributed by atoms with Crippen LogP contribution in [0.15, 0.2) is 48.7 Å². The minimum absolute atomic E-state index is 0.00831. The van der Waals surface area contributed by atoms with Gasteiger partial charge in [-0.2, -0.15) is 0 Å². The number of nitrogens with two attached hydrogens (primary N) is 1. The zero-order chi connectivity index (χ0) is 32.1. The molecule has 1 amide bonds. The summed E-state index contributed by atoms with van der Waals surface area (Å²) in [7, 11) is 2.20. The van der Waals surface area contributed by atoms with E-state index in [1.165, 1.54) is 30.7 Å². The summed E-state index contributed by atoms with van der Waals surface area (Å²) >= 11 is 0. The smallest absolute Gasteiger partial charge is 0.271 e. The number of benzene rings is 2. The van der Waals surface area contributed by atoms with Gasteiger partial charge in [-0.25, -0.2) is 14.4 Å². The first-order valence-corrected chi connectivity index (χ1v) is 16.7. The quantitative estimate of drug-likeness (QED) is 0.222. The number of nitrogens with one attached hydrogen (secondary N) is 3. The zero-order valence-electron chi connectivity index (χ0n) is 26.8. The molecule has 4 fully saturated rings. The van der Waals surface area contributed by atoms with Crippen LogP contribution in [0.1, 0.15) is 36.2 Å². The fraction of sp³-hybridized carbons (Fsp3) is 0.457. The number of likely N-dealkylation sites (N-methyl/N-ethyl adjacent to an activating group) is 1. The highest BCUT2D eigenvalue weighted by Gasteiger charge is 2.50. The average Bonchev–Trinajstić information content (AvgIpc) is 3.51. The molecule has 4 aliphatic rings. The number of piperazine rings is 1. The summed E-state index contributed by atoms with van der Waals surface area (Å²) in [6, 6.07) is 13.8. The van der Waals surface area contributed by atoms with Gasteiger partial charge in [0.05, 0.1) is 13.2 Å². The number of aromatic nitrogens is 3. The lowest BCUT2D eigenvalue weighted by molar-refractivity contribution is -0.159. The van der Waals surface area contributed by atoms with E-state index in [-0.39, 0.29) is 23.0 Å². The minimum Gasteiger partial charge on any atom is -0.380 e. The second-order valence-electron chi connectivity index (χ2n) is 13.8. The maximum Gasteiger partial charge on any atom is 0.271 e. The predicted octanol–water partition coefficient (Wildman–Crippen LogP) is 4.41. The molecule has 1 saturated carbocycles. The lowest BCUT2D eigenvalue weighted by atomic mass is 9.64. The SMILES string of the molecule is CN1CCN(C2CCN(c3ccc(Nc4nc(NC5CC6(COC6)C5)c(-c5cc(F)cc6[nH]ccc56)nc4C(N)=O)cc3)CC2)CC1. The van der Waals surface area contributed by atoms with Crippen molar-refractivity contribution < 1.29 is 13.9 Å². The van der Waals surface area contributed by atoms with E-state index >= 15 is 0 Å². The molecule has 3 aliphatic heterocycles. The fourth-order valence-electron chi connectivity index (χ4n) is 7.79. The molecule has 246 valence electrons. The Labute approximate surface area is 273 Å². The molecule has 8 rings (SSSR count). The monoisotopic (exact) mass is 639 g/mol. The number of fused-ring (bicyclic) bond motifs is 1. The molecule has 0 radical (unpaired) electrons. The largest absolute Gasteiger partial charge is 0.380 e. The van der Waals surface area contributed by atoms with Crippen molar-refractivity contribution in [1.29, 1.82) is 0 Å². The molecule has 1 aliphatic carbocycles. The van der Waals surface area contributed by atoms with Crippen LogP contribution in [-0.4, -0.2) is 102 Å². The number of aromatic amines is 1. The average molecular weight is 640 g/mol. The van der Waals surface area contributed by atoms with Gasteiger partial charge < -0.3 is 35.9 Å². The lowest BCUT2D eigenvalue weighted by Gasteiger charge is -2.53. The van der Waals surface area contributed by atoms with Crippen LogP contribution in [0.4, 0.5) is 27.4 Å². The lowest BCUT2D eigenvalue weighted by Crippen LogP contribution is -2.56. The van der Waals surface area contributed by atoms with Crippen molar-refractivity contribution in [3.05, 3.63) is 60.2 Å². The van der Waals surface area contributed by atoms with Crippen molar-refractivity contribution in [2.75, 3.05) is 75.1 Å². The number of hydrogen-bond acceptors (Lipinski definition) is 9. The topological polar surface area (TPSA) is 128 Å². The molecule has 2 aromatic heterocycles. The molecule has 11 nitrogen and oxygen atoms in total. The van der Waals surface area contributed by atoms with E-state index in [2.05, 4.69) is 49.5 Å². The van der Waals surface area contributed by atoms with Crippen LogP contribution in [0.2, 0.25) is 0 Å². The van der Waals surface area contributed by atoms with E-state index in [4.69, 9.17) is 20.4 Å². The Hall–Kier alpha value is -4.26. The molecule has 0 unspecified atom stereocenters. The van der Waals surface area contributed by atoms with Crippen molar-refractivity contribution in [3.8, 4) is 11.3 Å². The van der Waals surface area contributed by atoms with Crippen LogP contribution in [0, 0.1) is 11.2 Å². The molecule has 12 heteroatoms. The maximum absolute atomic E-state index is 14.8. The second kappa shape index (κ2) is 12.1. The summed E-state index contributed by atoms with van der Waals surface area (Å²) in [5.74, 6) is -0.398. The van der Waals surface area contributed by atoms with E-state index in [0.717, 1.165) is 76.4 Å².